The van der Waals surface area contributed by atoms with Crippen LogP contribution in [0.15, 0.2) is 4.99 Å². The van der Waals surface area contributed by atoms with Crippen LogP contribution in [0, 0.1) is 5.92 Å². The molecule has 0 unspecified atom stereocenters. The quantitative estimate of drug-likeness (QED) is 0.647. The first kappa shape index (κ1) is 18.5. The molecule has 140 valence electrons. The SMILES string of the molecule is CC(=O)OC[C@H]1O[C@@H]2SC(=NCCC3CC3)N[C@@H]2[C@@H](OC(C)=O)[C@@H]1O. The molecule has 2 N–H and O–H groups in total. The molecule has 0 aromatic heterocycles. The van der Waals surface area contributed by atoms with E-state index in [1.54, 1.807) is 0 Å². The summed E-state index contributed by atoms with van der Waals surface area (Å²) in [4.78, 5) is 27.0. The van der Waals surface area contributed by atoms with Crippen LogP contribution in [0.3, 0.4) is 0 Å². The lowest BCUT2D eigenvalue weighted by atomic mass is 9.98. The smallest absolute Gasteiger partial charge is 0.303 e. The molecule has 2 saturated heterocycles. The number of amidine groups is 1. The molecule has 0 bridgehead atoms. The largest absolute Gasteiger partial charge is 0.463 e. The van der Waals surface area contributed by atoms with Gasteiger partial charge in [0.25, 0.3) is 0 Å². The second-order valence-corrected chi connectivity index (χ2v) is 7.70. The Labute approximate surface area is 150 Å². The van der Waals surface area contributed by atoms with E-state index in [0.29, 0.717) is 0 Å². The Bertz CT molecular complexity index is 553. The van der Waals surface area contributed by atoms with Crippen LogP contribution in [0.25, 0.3) is 0 Å². The van der Waals surface area contributed by atoms with E-state index in [4.69, 9.17) is 14.2 Å². The van der Waals surface area contributed by atoms with Gasteiger partial charge in [-0.1, -0.05) is 24.6 Å². The first-order valence-corrected chi connectivity index (χ1v) is 9.43. The van der Waals surface area contributed by atoms with Gasteiger partial charge < -0.3 is 24.6 Å². The van der Waals surface area contributed by atoms with Gasteiger partial charge in [-0.3, -0.25) is 14.6 Å². The maximum Gasteiger partial charge on any atom is 0.303 e. The second kappa shape index (κ2) is 7.92. The third-order valence-corrected chi connectivity index (χ3v) is 5.54. The van der Waals surface area contributed by atoms with Crippen molar-refractivity contribution in [3.05, 3.63) is 0 Å². The van der Waals surface area contributed by atoms with Crippen LogP contribution in [0.5, 0.6) is 0 Å². The fourth-order valence-corrected chi connectivity index (χ4v) is 4.12. The van der Waals surface area contributed by atoms with Crippen LogP contribution in [0.1, 0.15) is 33.1 Å². The lowest BCUT2D eigenvalue weighted by molar-refractivity contribution is -0.196. The van der Waals surface area contributed by atoms with Gasteiger partial charge in [-0.2, -0.15) is 0 Å². The number of nitrogens with one attached hydrogen (secondary N) is 1. The molecule has 3 fully saturated rings. The lowest BCUT2D eigenvalue weighted by Gasteiger charge is -2.40. The van der Waals surface area contributed by atoms with Crippen molar-refractivity contribution in [3.8, 4) is 0 Å². The van der Waals surface area contributed by atoms with Crippen molar-refractivity contribution in [1.82, 2.24) is 5.32 Å². The molecular formula is C16H24N2O6S. The van der Waals surface area contributed by atoms with Crippen molar-refractivity contribution >= 4 is 28.9 Å². The number of esters is 2. The molecule has 25 heavy (non-hydrogen) atoms. The Hall–Kier alpha value is -1.32. The zero-order chi connectivity index (χ0) is 18.0. The number of fused-ring (bicyclic) bond motifs is 1. The first-order chi connectivity index (χ1) is 11.9. The number of aliphatic hydroxyl groups excluding tert-OH is 1. The molecule has 0 radical (unpaired) electrons. The fourth-order valence-electron chi connectivity index (χ4n) is 2.96. The Balaban J connectivity index is 1.66. The third-order valence-electron chi connectivity index (χ3n) is 4.43. The Morgan fingerprint density at radius 3 is 2.76 bits per heavy atom. The summed E-state index contributed by atoms with van der Waals surface area (Å²) in [6.45, 7) is 3.24. The molecular weight excluding hydrogens is 348 g/mol. The van der Waals surface area contributed by atoms with E-state index < -0.39 is 36.3 Å². The van der Waals surface area contributed by atoms with Crippen LogP contribution in [-0.2, 0) is 23.8 Å². The van der Waals surface area contributed by atoms with Crippen molar-refractivity contribution in [2.45, 2.75) is 62.9 Å². The van der Waals surface area contributed by atoms with Crippen molar-refractivity contribution < 1.29 is 28.9 Å². The van der Waals surface area contributed by atoms with E-state index >= 15 is 0 Å². The maximum atomic E-state index is 11.4. The molecule has 2 heterocycles. The molecule has 9 heteroatoms. The highest BCUT2D eigenvalue weighted by Gasteiger charge is 2.51. The van der Waals surface area contributed by atoms with Crippen LogP contribution in [-0.4, -0.2) is 65.2 Å². The van der Waals surface area contributed by atoms with E-state index in [1.165, 1.54) is 38.5 Å². The number of aliphatic imine (C=N–C) groups is 1. The monoisotopic (exact) mass is 372 g/mol. The topological polar surface area (TPSA) is 106 Å². The standard InChI is InChI=1S/C16H24N2O6S/c1-8(19)22-7-11-13(21)14(23-9(2)20)12-15(24-11)25-16(18-12)17-6-5-10-3-4-10/h10-15,21H,3-7H2,1-2H3,(H,17,18)/t11-,12-,13-,14-,15-/m1/s1. The zero-order valence-corrected chi connectivity index (χ0v) is 15.2. The molecule has 3 aliphatic rings. The highest BCUT2D eigenvalue weighted by Crippen LogP contribution is 2.36. The molecule has 2 aliphatic heterocycles. The number of hydrogen-bond acceptors (Lipinski definition) is 8. The minimum Gasteiger partial charge on any atom is -0.463 e. The summed E-state index contributed by atoms with van der Waals surface area (Å²) in [5.41, 5.74) is -0.368. The number of carbonyl (C=O) groups is 2. The normalized spacial score (nSPS) is 35.8. The number of thioether (sulfide) groups is 1. The molecule has 0 aromatic carbocycles. The van der Waals surface area contributed by atoms with E-state index in [1.807, 2.05) is 0 Å². The van der Waals surface area contributed by atoms with Gasteiger partial charge in [0.15, 0.2) is 11.3 Å². The molecule has 8 nitrogen and oxygen atoms in total. The van der Waals surface area contributed by atoms with Crippen LogP contribution in [0.4, 0.5) is 0 Å². The minimum absolute atomic E-state index is 0.0911. The Morgan fingerprint density at radius 1 is 1.36 bits per heavy atom. The van der Waals surface area contributed by atoms with Crippen LogP contribution < -0.4 is 5.32 Å². The summed E-state index contributed by atoms with van der Waals surface area (Å²) in [6, 6.07) is -0.392. The van der Waals surface area contributed by atoms with Crippen molar-refractivity contribution in [1.29, 1.82) is 0 Å². The molecule has 0 spiro atoms. The van der Waals surface area contributed by atoms with Crippen LogP contribution in [0.2, 0.25) is 0 Å². The highest BCUT2D eigenvalue weighted by atomic mass is 32.2. The van der Waals surface area contributed by atoms with E-state index in [9.17, 15) is 14.7 Å². The van der Waals surface area contributed by atoms with Gasteiger partial charge >= 0.3 is 11.9 Å². The van der Waals surface area contributed by atoms with Crippen LogP contribution >= 0.6 is 11.8 Å². The van der Waals surface area contributed by atoms with Gasteiger partial charge in [0.05, 0.1) is 0 Å². The number of hydrogen-bond donors (Lipinski definition) is 2. The van der Waals surface area contributed by atoms with Crippen molar-refractivity contribution in [3.63, 3.8) is 0 Å². The molecule has 3 rings (SSSR count). The van der Waals surface area contributed by atoms with Gasteiger partial charge in [0.1, 0.15) is 30.3 Å². The van der Waals surface area contributed by atoms with Gasteiger partial charge in [-0.15, -0.1) is 0 Å². The minimum atomic E-state index is -1.09. The molecule has 1 saturated carbocycles. The Kier molecular flexibility index (Phi) is 5.85. The second-order valence-electron chi connectivity index (χ2n) is 6.62. The average molecular weight is 372 g/mol. The summed E-state index contributed by atoms with van der Waals surface area (Å²) in [5, 5.41) is 14.4. The van der Waals surface area contributed by atoms with Gasteiger partial charge in [-0.25, -0.2) is 0 Å². The van der Waals surface area contributed by atoms with E-state index in [-0.39, 0.29) is 12.0 Å². The molecule has 5 atom stereocenters. The third kappa shape index (κ3) is 4.86. The van der Waals surface area contributed by atoms with Gasteiger partial charge in [0, 0.05) is 20.4 Å². The lowest BCUT2D eigenvalue weighted by Crippen LogP contribution is -2.61. The van der Waals surface area contributed by atoms with E-state index in [2.05, 4.69) is 10.3 Å². The van der Waals surface area contributed by atoms with Crippen molar-refractivity contribution in [2.24, 2.45) is 10.9 Å². The first-order valence-electron chi connectivity index (χ1n) is 8.56. The fraction of sp³-hybridized carbons (Fsp3) is 0.812. The molecule has 0 amide bonds. The van der Waals surface area contributed by atoms with Gasteiger partial charge in [0.2, 0.25) is 0 Å². The molecule has 1 aliphatic carbocycles. The predicted octanol–water partition coefficient (Wildman–Crippen LogP) is 0.428. The zero-order valence-electron chi connectivity index (χ0n) is 14.3. The summed E-state index contributed by atoms with van der Waals surface area (Å²) in [5.74, 6) is -0.138. The highest BCUT2D eigenvalue weighted by molar-refractivity contribution is 8.14. The molecule has 0 aromatic rings. The summed E-state index contributed by atoms with van der Waals surface area (Å²) >= 11 is 1.41. The number of aliphatic hydroxyl groups is 1. The number of nitrogens with zero attached hydrogens (tertiary/aromatic N) is 1. The Morgan fingerprint density at radius 2 is 2.12 bits per heavy atom. The van der Waals surface area contributed by atoms with Crippen molar-refractivity contribution in [2.75, 3.05) is 13.2 Å². The average Bonchev–Trinajstić information content (AvgIpc) is 3.27. The number of carbonyl (C=O) groups excluding carboxylic acids is 2. The number of rotatable bonds is 6. The van der Waals surface area contributed by atoms with Gasteiger partial charge in [-0.05, 0) is 12.3 Å². The summed E-state index contributed by atoms with van der Waals surface area (Å²) in [7, 11) is 0. The van der Waals surface area contributed by atoms with E-state index in [0.717, 1.165) is 24.1 Å². The number of ether oxygens (including phenoxy) is 3. The summed E-state index contributed by atoms with van der Waals surface area (Å²) < 4.78 is 16.1. The predicted molar refractivity (Wildman–Crippen MR) is 91.0 cm³/mol. The summed E-state index contributed by atoms with van der Waals surface area (Å²) in [6.07, 6.45) is 1.02. The maximum absolute atomic E-state index is 11.4.